The largest absolute Gasteiger partial charge is 0.393 e. The Morgan fingerprint density at radius 2 is 2.20 bits per heavy atom. The zero-order chi connectivity index (χ0) is 18.2. The van der Waals surface area contributed by atoms with E-state index in [0.717, 1.165) is 30.5 Å². The molecule has 25 heavy (non-hydrogen) atoms. The Morgan fingerprint density at radius 3 is 2.88 bits per heavy atom. The van der Waals surface area contributed by atoms with E-state index in [1.54, 1.807) is 14.0 Å². The van der Waals surface area contributed by atoms with Gasteiger partial charge in [0, 0.05) is 31.5 Å². The lowest BCUT2D eigenvalue weighted by atomic mass is 9.79. The molecule has 1 aliphatic heterocycles. The molecule has 3 rings (SSSR count). The molecule has 138 valence electrons. The van der Waals surface area contributed by atoms with E-state index in [1.165, 1.54) is 0 Å². The molecule has 1 amide bonds. The second-order valence-electron chi connectivity index (χ2n) is 7.28. The van der Waals surface area contributed by atoms with Crippen molar-refractivity contribution in [3.8, 4) is 0 Å². The number of nitrogens with one attached hydrogen (secondary N) is 1. The van der Waals surface area contributed by atoms with Crippen LogP contribution in [0.5, 0.6) is 0 Å². The number of aliphatic hydroxyl groups is 1. The number of aromatic amines is 1. The molecule has 0 bridgehead atoms. The van der Waals surface area contributed by atoms with Crippen molar-refractivity contribution in [1.29, 1.82) is 0 Å². The third-order valence-corrected chi connectivity index (χ3v) is 5.92. The number of carbonyl (C=O) groups is 1. The van der Waals surface area contributed by atoms with Crippen LogP contribution in [-0.4, -0.2) is 57.3 Å². The Balaban J connectivity index is 1.71. The fraction of sp³-hybridized carbons (Fsp3) is 0.722. The molecule has 1 saturated carbocycles. The van der Waals surface area contributed by atoms with Gasteiger partial charge >= 0.3 is 5.69 Å². The van der Waals surface area contributed by atoms with Gasteiger partial charge in [0.15, 0.2) is 0 Å². The van der Waals surface area contributed by atoms with Crippen LogP contribution >= 0.6 is 0 Å². The number of aromatic nitrogens is 2. The first-order valence-corrected chi connectivity index (χ1v) is 8.95. The highest BCUT2D eigenvalue weighted by Crippen LogP contribution is 2.42. The molecule has 0 aromatic carbocycles. The van der Waals surface area contributed by atoms with Crippen LogP contribution in [0.4, 0.5) is 0 Å². The highest BCUT2D eigenvalue weighted by atomic mass is 16.5. The minimum atomic E-state index is -0.366. The Bertz CT molecular complexity index is 691. The SMILES string of the molecule is CO[C@]12CC[C@@H](O)C[C@H]1N(C(=O)CCc1c(C)nc(=O)[nH]c1C)CC2. The van der Waals surface area contributed by atoms with Gasteiger partial charge in [-0.3, -0.25) is 4.79 Å². The molecule has 0 radical (unpaired) electrons. The molecule has 1 saturated heterocycles. The maximum atomic E-state index is 12.8. The van der Waals surface area contributed by atoms with Crippen molar-refractivity contribution in [2.75, 3.05) is 13.7 Å². The van der Waals surface area contributed by atoms with E-state index in [0.29, 0.717) is 31.5 Å². The molecule has 3 atom stereocenters. The summed E-state index contributed by atoms with van der Waals surface area (Å²) in [5.74, 6) is 0.0722. The van der Waals surface area contributed by atoms with Crippen molar-refractivity contribution >= 4 is 5.91 Å². The van der Waals surface area contributed by atoms with Crippen LogP contribution in [0.15, 0.2) is 4.79 Å². The summed E-state index contributed by atoms with van der Waals surface area (Å²) in [6.45, 7) is 4.30. The van der Waals surface area contributed by atoms with E-state index in [-0.39, 0.29) is 29.3 Å². The fourth-order valence-corrected chi connectivity index (χ4v) is 4.47. The predicted octanol–water partition coefficient (Wildman–Crippen LogP) is 0.850. The van der Waals surface area contributed by atoms with Crippen molar-refractivity contribution < 1.29 is 14.6 Å². The van der Waals surface area contributed by atoms with Gasteiger partial charge in [0.05, 0.1) is 17.7 Å². The summed E-state index contributed by atoms with van der Waals surface area (Å²) in [5, 5.41) is 10.0. The first kappa shape index (κ1) is 18.1. The van der Waals surface area contributed by atoms with E-state index in [9.17, 15) is 14.7 Å². The number of carbonyl (C=O) groups excluding carboxylic acids is 1. The average Bonchev–Trinajstić information content (AvgIpc) is 2.93. The van der Waals surface area contributed by atoms with Crippen LogP contribution < -0.4 is 5.69 Å². The van der Waals surface area contributed by atoms with Gasteiger partial charge in [-0.15, -0.1) is 0 Å². The van der Waals surface area contributed by atoms with Gasteiger partial charge in [0.1, 0.15) is 0 Å². The van der Waals surface area contributed by atoms with Crippen LogP contribution in [0.25, 0.3) is 0 Å². The van der Waals surface area contributed by atoms with Gasteiger partial charge in [-0.2, -0.15) is 4.98 Å². The number of ether oxygens (including phenoxy) is 1. The lowest BCUT2D eigenvalue weighted by molar-refractivity contribution is -0.139. The highest BCUT2D eigenvalue weighted by molar-refractivity contribution is 5.77. The summed E-state index contributed by atoms with van der Waals surface area (Å²) in [7, 11) is 1.71. The second kappa shape index (κ2) is 6.88. The number of H-pyrrole nitrogens is 1. The van der Waals surface area contributed by atoms with E-state index >= 15 is 0 Å². The summed E-state index contributed by atoms with van der Waals surface area (Å²) in [6, 6.07) is -0.0513. The number of nitrogens with zero attached hydrogens (tertiary/aromatic N) is 2. The topological polar surface area (TPSA) is 95.5 Å². The molecule has 2 N–H and O–H groups in total. The van der Waals surface area contributed by atoms with Crippen molar-refractivity contribution in [3.63, 3.8) is 0 Å². The zero-order valence-corrected chi connectivity index (χ0v) is 15.2. The zero-order valence-electron chi connectivity index (χ0n) is 15.2. The number of hydrogen-bond acceptors (Lipinski definition) is 5. The van der Waals surface area contributed by atoms with E-state index in [1.807, 2.05) is 11.8 Å². The lowest BCUT2D eigenvalue weighted by Gasteiger charge is -2.42. The standard InChI is InChI=1S/C18H27N3O4/c1-11-14(12(2)20-17(24)19-11)4-5-16(23)21-9-8-18(25-3)7-6-13(22)10-15(18)21/h13,15,22H,4-10H2,1-3H3,(H,19,20,24)/t13-,15-,18+/m1/s1. The van der Waals surface area contributed by atoms with Crippen LogP contribution in [0.1, 0.15) is 49.1 Å². The van der Waals surface area contributed by atoms with Crippen molar-refractivity contribution in [2.24, 2.45) is 0 Å². The second-order valence-corrected chi connectivity index (χ2v) is 7.28. The third kappa shape index (κ3) is 3.35. The average molecular weight is 349 g/mol. The summed E-state index contributed by atoms with van der Waals surface area (Å²) < 4.78 is 5.79. The summed E-state index contributed by atoms with van der Waals surface area (Å²) in [5.41, 5.74) is 1.71. The molecular formula is C18H27N3O4. The van der Waals surface area contributed by atoms with Crippen molar-refractivity contribution in [2.45, 2.75) is 70.1 Å². The first-order valence-electron chi connectivity index (χ1n) is 8.95. The summed E-state index contributed by atoms with van der Waals surface area (Å²) >= 11 is 0. The number of aryl methyl sites for hydroxylation is 2. The van der Waals surface area contributed by atoms with Gasteiger partial charge in [-0.1, -0.05) is 0 Å². The normalized spacial score (nSPS) is 28.9. The quantitative estimate of drug-likeness (QED) is 0.840. The molecule has 2 heterocycles. The minimum Gasteiger partial charge on any atom is -0.393 e. The fourth-order valence-electron chi connectivity index (χ4n) is 4.47. The van der Waals surface area contributed by atoms with Gasteiger partial charge in [-0.25, -0.2) is 4.79 Å². The van der Waals surface area contributed by atoms with E-state index in [4.69, 9.17) is 4.74 Å². The number of fused-ring (bicyclic) bond motifs is 1. The molecular weight excluding hydrogens is 322 g/mol. The maximum absolute atomic E-state index is 12.8. The van der Waals surface area contributed by atoms with Crippen LogP contribution in [0.2, 0.25) is 0 Å². The number of hydrogen-bond donors (Lipinski definition) is 2. The number of amides is 1. The maximum Gasteiger partial charge on any atom is 0.345 e. The van der Waals surface area contributed by atoms with Gasteiger partial charge < -0.3 is 19.7 Å². The van der Waals surface area contributed by atoms with Gasteiger partial charge in [0.25, 0.3) is 0 Å². The molecule has 1 aliphatic carbocycles. The monoisotopic (exact) mass is 349 g/mol. The van der Waals surface area contributed by atoms with E-state index < -0.39 is 0 Å². The molecule has 2 aliphatic rings. The molecule has 2 fully saturated rings. The Hall–Kier alpha value is -1.73. The Morgan fingerprint density at radius 1 is 1.44 bits per heavy atom. The van der Waals surface area contributed by atoms with Crippen LogP contribution in [-0.2, 0) is 16.0 Å². The third-order valence-electron chi connectivity index (χ3n) is 5.92. The van der Waals surface area contributed by atoms with Crippen molar-refractivity contribution in [1.82, 2.24) is 14.9 Å². The lowest BCUT2D eigenvalue weighted by Crippen LogP contribution is -2.52. The number of rotatable bonds is 4. The number of aliphatic hydroxyl groups excluding tert-OH is 1. The molecule has 7 nitrogen and oxygen atoms in total. The van der Waals surface area contributed by atoms with E-state index in [2.05, 4.69) is 9.97 Å². The summed E-state index contributed by atoms with van der Waals surface area (Å²) in [4.78, 5) is 32.7. The first-order chi connectivity index (χ1) is 11.9. The highest BCUT2D eigenvalue weighted by Gasteiger charge is 2.52. The van der Waals surface area contributed by atoms with Gasteiger partial charge in [-0.05, 0) is 51.5 Å². The molecule has 7 heteroatoms. The van der Waals surface area contributed by atoms with Crippen LogP contribution in [0, 0.1) is 13.8 Å². The Labute approximate surface area is 147 Å². The Kier molecular flexibility index (Phi) is 4.97. The minimum absolute atomic E-state index is 0.0513. The van der Waals surface area contributed by atoms with Crippen molar-refractivity contribution in [3.05, 3.63) is 27.4 Å². The smallest absolute Gasteiger partial charge is 0.345 e. The number of methoxy groups -OCH3 is 1. The molecule has 0 spiro atoms. The molecule has 0 unspecified atom stereocenters. The van der Waals surface area contributed by atoms with Crippen LogP contribution in [0.3, 0.4) is 0 Å². The predicted molar refractivity (Wildman–Crippen MR) is 92.4 cm³/mol. The molecule has 1 aromatic heterocycles. The summed E-state index contributed by atoms with van der Waals surface area (Å²) in [6.07, 6.45) is 3.47. The molecule has 1 aromatic rings. The number of likely N-dealkylation sites (tertiary alicyclic amines) is 1. The van der Waals surface area contributed by atoms with Gasteiger partial charge in [0.2, 0.25) is 5.91 Å².